The van der Waals surface area contributed by atoms with E-state index >= 15 is 0 Å². The summed E-state index contributed by atoms with van der Waals surface area (Å²) in [7, 11) is 1.51. The molecule has 0 bridgehead atoms. The molecule has 0 aromatic heterocycles. The quantitative estimate of drug-likeness (QED) is 0.0205. The molecule has 0 radical (unpaired) electrons. The molecule has 0 aromatic carbocycles. The fraction of sp³-hybridized carbons (Fsp3) is 0.867. The molecule has 3 unspecified atom stereocenters. The van der Waals surface area contributed by atoms with E-state index in [4.69, 9.17) is 13.8 Å². The second kappa shape index (κ2) is 64.9. The highest BCUT2D eigenvalue weighted by Gasteiger charge is 2.30. The number of carbonyl (C=O) groups excluding carboxylic acids is 2. The van der Waals surface area contributed by atoms with Crippen LogP contribution in [0, 0.1) is 0 Å². The monoisotopic (exact) mass is 1220 g/mol. The molecule has 0 saturated heterocycles. The first-order chi connectivity index (χ1) is 41.4. The third-order valence-electron chi connectivity index (χ3n) is 16.7. The minimum absolute atomic E-state index is 0.0419. The number of carbonyl (C=O) groups is 2. The molecule has 3 atom stereocenters. The maximum Gasteiger partial charge on any atom is 0.472 e. The Morgan fingerprint density at radius 2 is 0.718 bits per heavy atom. The van der Waals surface area contributed by atoms with Crippen molar-refractivity contribution >= 4 is 19.7 Å². The van der Waals surface area contributed by atoms with Crippen LogP contribution in [0.2, 0.25) is 0 Å². The molecule has 85 heavy (non-hydrogen) atoms. The fourth-order valence-electron chi connectivity index (χ4n) is 11.0. The van der Waals surface area contributed by atoms with Crippen molar-refractivity contribution in [2.24, 2.45) is 0 Å². The lowest BCUT2D eigenvalue weighted by molar-refractivity contribution is -0.870. The van der Waals surface area contributed by atoms with Gasteiger partial charge in [0, 0.05) is 12.8 Å². The Kier molecular flexibility index (Phi) is 63.4. The van der Waals surface area contributed by atoms with Gasteiger partial charge in [-0.2, -0.15) is 0 Å². The van der Waals surface area contributed by atoms with Crippen molar-refractivity contribution in [2.75, 3.05) is 40.9 Å². The van der Waals surface area contributed by atoms with Crippen molar-refractivity contribution in [3.05, 3.63) is 48.6 Å². The summed E-state index contributed by atoms with van der Waals surface area (Å²) in [6.07, 6.45) is 82.7. The van der Waals surface area contributed by atoms with Gasteiger partial charge in [-0.1, -0.05) is 314 Å². The Bertz CT molecular complexity index is 1590. The smallest absolute Gasteiger partial charge is 0.456 e. The number of hydrogen-bond acceptors (Lipinski definition) is 6. The SMILES string of the molecule is CCCCC/C=C\C/C=C\CCCCCCCCCCCCCCCCCCCC(=O)NC(COP(=O)(O)OCC[N+](C)(C)C)C(/C=C\CCCCCCCCCCCCC)OC(=O)CCCCCCCCCCC/C=C/CCCCCCCC. The molecular formula is C75H144N2O7P+. The zero-order chi connectivity index (χ0) is 62.1. The van der Waals surface area contributed by atoms with E-state index in [1.807, 2.05) is 27.2 Å². The standard InChI is InChI=1S/C75H143N2O7P/c1-7-10-13-16-19-22-25-28-30-32-34-35-36-37-38-39-40-41-43-44-46-49-52-55-58-61-64-67-74(78)76-72(71-83-85(80,81)82-70-69-77(4,5)6)73(66-63-60-57-54-51-48-27-24-21-18-15-12-9-3)84-75(79)68-65-62-59-56-53-50-47-45-42-33-31-29-26-23-20-17-14-11-8-2/h19,22,28-31,63,66,72-73H,7-18,20-21,23-27,32-62,64-65,67-71H2,1-6H3,(H-,76,78,80,81)/p+1/b22-19-,30-28-,31-29+,66-63-. The number of quaternary nitrogens is 1. The summed E-state index contributed by atoms with van der Waals surface area (Å²) in [6.45, 7) is 7.04. The van der Waals surface area contributed by atoms with Crippen molar-refractivity contribution in [1.82, 2.24) is 5.32 Å². The van der Waals surface area contributed by atoms with Crippen LogP contribution < -0.4 is 5.32 Å². The molecule has 0 aliphatic heterocycles. The van der Waals surface area contributed by atoms with Crippen LogP contribution >= 0.6 is 7.82 Å². The van der Waals surface area contributed by atoms with Crippen LogP contribution in [0.15, 0.2) is 48.6 Å². The first-order valence-electron chi connectivity index (χ1n) is 37.0. The van der Waals surface area contributed by atoms with Gasteiger partial charge >= 0.3 is 13.8 Å². The molecule has 0 rings (SSSR count). The summed E-state index contributed by atoms with van der Waals surface area (Å²) in [6, 6.07) is -0.848. The van der Waals surface area contributed by atoms with Gasteiger partial charge in [0.2, 0.25) is 5.91 Å². The predicted molar refractivity (Wildman–Crippen MR) is 369 cm³/mol. The van der Waals surface area contributed by atoms with Gasteiger partial charge in [-0.05, 0) is 89.5 Å². The molecule has 1 amide bonds. The Hall–Kier alpha value is -2.03. The molecule has 0 saturated carbocycles. The molecule has 0 aromatic rings. The minimum atomic E-state index is -4.45. The van der Waals surface area contributed by atoms with Gasteiger partial charge in [-0.3, -0.25) is 18.6 Å². The Labute approximate surface area is 529 Å². The van der Waals surface area contributed by atoms with Crippen LogP contribution in [0.3, 0.4) is 0 Å². The lowest BCUT2D eigenvalue weighted by Crippen LogP contribution is -2.47. The topological polar surface area (TPSA) is 111 Å². The molecule has 0 heterocycles. The van der Waals surface area contributed by atoms with Crippen molar-refractivity contribution in [2.45, 2.75) is 380 Å². The number of rotatable bonds is 68. The first kappa shape index (κ1) is 83.0. The number of ether oxygens (including phenoxy) is 1. The van der Waals surface area contributed by atoms with E-state index in [-0.39, 0.29) is 25.1 Å². The second-order valence-corrected chi connectivity index (χ2v) is 27.9. The number of phosphoric ester groups is 1. The van der Waals surface area contributed by atoms with Crippen LogP contribution in [-0.4, -0.2) is 74.3 Å². The highest BCUT2D eigenvalue weighted by molar-refractivity contribution is 7.47. The molecule has 0 aliphatic carbocycles. The highest BCUT2D eigenvalue weighted by Crippen LogP contribution is 2.43. The molecular weight excluding hydrogens is 1070 g/mol. The van der Waals surface area contributed by atoms with Crippen molar-refractivity contribution < 1.29 is 37.3 Å². The van der Waals surface area contributed by atoms with E-state index < -0.39 is 20.0 Å². The number of allylic oxidation sites excluding steroid dienone is 7. The van der Waals surface area contributed by atoms with Gasteiger partial charge in [-0.25, -0.2) is 4.57 Å². The van der Waals surface area contributed by atoms with E-state index in [9.17, 15) is 19.0 Å². The summed E-state index contributed by atoms with van der Waals surface area (Å²) in [5.74, 6) is -0.489. The van der Waals surface area contributed by atoms with Gasteiger partial charge in [0.15, 0.2) is 0 Å². The fourth-order valence-corrected chi connectivity index (χ4v) is 11.8. The van der Waals surface area contributed by atoms with Crippen molar-refractivity contribution in [3.8, 4) is 0 Å². The molecule has 0 fully saturated rings. The molecule has 2 N–H and O–H groups in total. The number of hydrogen-bond donors (Lipinski definition) is 2. The van der Waals surface area contributed by atoms with E-state index in [1.54, 1.807) is 0 Å². The van der Waals surface area contributed by atoms with Crippen molar-refractivity contribution in [1.29, 1.82) is 0 Å². The minimum Gasteiger partial charge on any atom is -0.456 e. The number of nitrogens with one attached hydrogen (secondary N) is 1. The van der Waals surface area contributed by atoms with Crippen LogP contribution in [-0.2, 0) is 27.9 Å². The summed E-state index contributed by atoms with van der Waals surface area (Å²) in [5, 5.41) is 3.08. The highest BCUT2D eigenvalue weighted by atomic mass is 31.2. The van der Waals surface area contributed by atoms with Gasteiger partial charge in [-0.15, -0.1) is 0 Å². The Balaban J connectivity index is 5.01. The zero-order valence-corrected chi connectivity index (χ0v) is 58.3. The molecule has 10 heteroatoms. The van der Waals surface area contributed by atoms with Gasteiger partial charge < -0.3 is 19.4 Å². The Morgan fingerprint density at radius 3 is 1.09 bits per heavy atom. The van der Waals surface area contributed by atoms with Crippen LogP contribution in [0.4, 0.5) is 0 Å². The largest absolute Gasteiger partial charge is 0.472 e. The van der Waals surface area contributed by atoms with E-state index in [2.05, 4.69) is 68.6 Å². The number of phosphoric acid groups is 1. The molecule has 0 aliphatic rings. The number of amides is 1. The van der Waals surface area contributed by atoms with E-state index in [0.717, 1.165) is 64.2 Å². The summed E-state index contributed by atoms with van der Waals surface area (Å²) in [4.78, 5) is 37.9. The summed E-state index contributed by atoms with van der Waals surface area (Å²) in [5.41, 5.74) is 0. The molecule has 0 spiro atoms. The third-order valence-corrected chi connectivity index (χ3v) is 17.7. The summed E-state index contributed by atoms with van der Waals surface area (Å²) >= 11 is 0. The molecule has 500 valence electrons. The van der Waals surface area contributed by atoms with Crippen LogP contribution in [0.5, 0.6) is 0 Å². The van der Waals surface area contributed by atoms with Gasteiger partial charge in [0.1, 0.15) is 19.3 Å². The average Bonchev–Trinajstić information content (AvgIpc) is 3.53. The number of esters is 1. The summed E-state index contributed by atoms with van der Waals surface area (Å²) < 4.78 is 30.9. The lowest BCUT2D eigenvalue weighted by atomic mass is 10.0. The number of unbranched alkanes of at least 4 members (excludes halogenated alkanes) is 46. The zero-order valence-electron chi connectivity index (χ0n) is 57.4. The van der Waals surface area contributed by atoms with Gasteiger partial charge in [0.05, 0.1) is 33.8 Å². The normalized spacial score (nSPS) is 13.7. The Morgan fingerprint density at radius 1 is 0.412 bits per heavy atom. The second-order valence-electron chi connectivity index (χ2n) is 26.5. The number of nitrogens with zero attached hydrogens (tertiary/aromatic N) is 1. The maximum atomic E-state index is 13.6. The van der Waals surface area contributed by atoms with Gasteiger partial charge in [0.25, 0.3) is 0 Å². The maximum absolute atomic E-state index is 13.6. The number of likely N-dealkylation sites (N-methyl/N-ethyl adjacent to an activating group) is 1. The predicted octanol–water partition coefficient (Wildman–Crippen LogP) is 23.6. The van der Waals surface area contributed by atoms with Crippen LogP contribution in [0.25, 0.3) is 0 Å². The molecule has 9 nitrogen and oxygen atoms in total. The van der Waals surface area contributed by atoms with E-state index in [0.29, 0.717) is 23.9 Å². The lowest BCUT2D eigenvalue weighted by Gasteiger charge is -2.27. The van der Waals surface area contributed by atoms with Crippen molar-refractivity contribution in [3.63, 3.8) is 0 Å². The first-order valence-corrected chi connectivity index (χ1v) is 38.5. The third kappa shape index (κ3) is 66.2. The van der Waals surface area contributed by atoms with Crippen LogP contribution in [0.1, 0.15) is 367 Å². The van der Waals surface area contributed by atoms with E-state index in [1.165, 1.54) is 270 Å². The average molecular weight is 1220 g/mol.